The van der Waals surface area contributed by atoms with Crippen molar-refractivity contribution in [2.75, 3.05) is 0 Å². The summed E-state index contributed by atoms with van der Waals surface area (Å²) in [6.45, 7) is 1.89. The number of nitrogens with one attached hydrogen (secondary N) is 2. The monoisotopic (exact) mass is 431 g/mol. The van der Waals surface area contributed by atoms with Crippen LogP contribution in [0.5, 0.6) is 0 Å². The van der Waals surface area contributed by atoms with E-state index in [9.17, 15) is 14.4 Å². The first-order valence-corrected chi connectivity index (χ1v) is 10.6. The molecule has 4 aromatic rings. The van der Waals surface area contributed by atoms with Gasteiger partial charge in [-0.05, 0) is 38.0 Å². The number of hydrogen-bond acceptors (Lipinski definition) is 5. The molecule has 0 unspecified atom stereocenters. The molecule has 1 saturated carbocycles. The van der Waals surface area contributed by atoms with Gasteiger partial charge < -0.3 is 10.3 Å². The highest BCUT2D eigenvalue weighted by Crippen LogP contribution is 2.40. The number of halogens is 1. The van der Waals surface area contributed by atoms with Crippen molar-refractivity contribution in [2.45, 2.75) is 38.6 Å². The Morgan fingerprint density at radius 2 is 2.16 bits per heavy atom. The number of carbonyl (C=O) groups is 1. The van der Waals surface area contributed by atoms with Gasteiger partial charge in [0.1, 0.15) is 22.7 Å². The van der Waals surface area contributed by atoms with Gasteiger partial charge in [-0.3, -0.25) is 9.48 Å². The number of aryl methyl sites for hydroxylation is 1. The Morgan fingerprint density at radius 3 is 2.91 bits per heavy atom. The molecule has 9 heteroatoms. The molecule has 2 N–H and O–H groups in total. The van der Waals surface area contributed by atoms with E-state index in [4.69, 9.17) is 0 Å². The maximum Gasteiger partial charge on any atom is 0.255 e. The van der Waals surface area contributed by atoms with Crippen molar-refractivity contribution >= 4 is 28.0 Å². The number of rotatable bonds is 4. The molecular formula is C23H22FN7O. The number of fused-ring (bicyclic) bond motifs is 2. The van der Waals surface area contributed by atoms with Crippen LogP contribution in [-0.4, -0.2) is 36.7 Å². The van der Waals surface area contributed by atoms with Gasteiger partial charge in [0, 0.05) is 24.7 Å². The van der Waals surface area contributed by atoms with Crippen LogP contribution in [0.4, 0.5) is 4.39 Å². The Bertz CT molecular complexity index is 1390. The van der Waals surface area contributed by atoms with Crippen LogP contribution in [0, 0.1) is 22.6 Å². The molecule has 1 atom stereocenters. The number of amides is 1. The van der Waals surface area contributed by atoms with Crippen LogP contribution >= 0.6 is 0 Å². The van der Waals surface area contributed by atoms with Crippen molar-refractivity contribution in [3.05, 3.63) is 42.0 Å². The van der Waals surface area contributed by atoms with Crippen LogP contribution in [0.15, 0.2) is 30.6 Å². The first-order chi connectivity index (χ1) is 15.4. The molecule has 162 valence electrons. The van der Waals surface area contributed by atoms with Crippen LogP contribution in [0.2, 0.25) is 0 Å². The van der Waals surface area contributed by atoms with Crippen molar-refractivity contribution in [3.8, 4) is 17.5 Å². The Balaban J connectivity index is 1.51. The minimum absolute atomic E-state index is 0.279. The van der Waals surface area contributed by atoms with Gasteiger partial charge in [0.05, 0.1) is 28.8 Å². The van der Waals surface area contributed by atoms with E-state index in [1.807, 2.05) is 6.92 Å². The molecule has 0 bridgehead atoms. The summed E-state index contributed by atoms with van der Waals surface area (Å²) in [5, 5.41) is 17.9. The van der Waals surface area contributed by atoms with Crippen LogP contribution in [-0.2, 0) is 7.05 Å². The minimum Gasteiger partial charge on any atom is -0.348 e. The number of H-pyrrole nitrogens is 1. The van der Waals surface area contributed by atoms with Crippen LogP contribution in [0.1, 0.15) is 43.0 Å². The number of hydrogen-bond donors (Lipinski definition) is 2. The van der Waals surface area contributed by atoms with E-state index in [1.54, 1.807) is 30.2 Å². The zero-order chi connectivity index (χ0) is 22.5. The Morgan fingerprint density at radius 1 is 1.38 bits per heavy atom. The van der Waals surface area contributed by atoms with E-state index < -0.39 is 5.41 Å². The van der Waals surface area contributed by atoms with Crippen LogP contribution < -0.4 is 5.32 Å². The summed E-state index contributed by atoms with van der Waals surface area (Å²) in [7, 11) is 1.74. The van der Waals surface area contributed by atoms with Gasteiger partial charge in [-0.15, -0.1) is 0 Å². The molecular weight excluding hydrogens is 409 g/mol. The Hall–Kier alpha value is -3.80. The average molecular weight is 431 g/mol. The number of nitrogens with zero attached hydrogens (tertiary/aromatic N) is 5. The number of aromatic amines is 1. The van der Waals surface area contributed by atoms with Gasteiger partial charge in [0.2, 0.25) is 0 Å². The zero-order valence-electron chi connectivity index (χ0n) is 17.8. The van der Waals surface area contributed by atoms with Gasteiger partial charge in [-0.1, -0.05) is 12.8 Å². The van der Waals surface area contributed by atoms with Gasteiger partial charge in [-0.25, -0.2) is 14.4 Å². The lowest BCUT2D eigenvalue weighted by atomic mass is 9.81. The lowest BCUT2D eigenvalue weighted by molar-refractivity contribution is 0.0914. The van der Waals surface area contributed by atoms with Gasteiger partial charge in [0.15, 0.2) is 5.65 Å². The summed E-state index contributed by atoms with van der Waals surface area (Å²) in [6, 6.07) is 6.61. The second-order valence-corrected chi connectivity index (χ2v) is 8.46. The van der Waals surface area contributed by atoms with Crippen LogP contribution in [0.25, 0.3) is 33.5 Å². The molecule has 0 saturated heterocycles. The minimum atomic E-state index is -0.527. The fourth-order valence-corrected chi connectivity index (χ4v) is 4.66. The maximum atomic E-state index is 13.7. The van der Waals surface area contributed by atoms with Crippen molar-refractivity contribution in [2.24, 2.45) is 12.5 Å². The molecule has 1 aliphatic rings. The third-order valence-corrected chi connectivity index (χ3v) is 6.58. The second kappa shape index (κ2) is 7.41. The lowest BCUT2D eigenvalue weighted by Gasteiger charge is -2.28. The summed E-state index contributed by atoms with van der Waals surface area (Å²) in [5.74, 6) is -0.644. The first-order valence-electron chi connectivity index (χ1n) is 10.6. The second-order valence-electron chi connectivity index (χ2n) is 8.46. The number of benzene rings is 1. The smallest absolute Gasteiger partial charge is 0.255 e. The summed E-state index contributed by atoms with van der Waals surface area (Å²) in [6.07, 6.45) is 6.73. The molecule has 8 nitrogen and oxygen atoms in total. The van der Waals surface area contributed by atoms with Crippen molar-refractivity contribution in [1.29, 1.82) is 5.26 Å². The normalized spacial score (nSPS) is 16.3. The SMILES string of the molecule is C[C@@H](NC(=O)c1c[nH]c2ncc(-c3nn(C)c4cc(F)ccc34)nc12)C1(C#N)CCCC1. The number of nitriles is 1. The fraction of sp³-hybridized carbons (Fsp3) is 0.348. The van der Waals surface area contributed by atoms with Crippen molar-refractivity contribution in [3.63, 3.8) is 0 Å². The molecule has 32 heavy (non-hydrogen) atoms. The zero-order valence-corrected chi connectivity index (χ0v) is 17.8. The van der Waals surface area contributed by atoms with E-state index in [0.29, 0.717) is 33.6 Å². The molecule has 1 amide bonds. The highest BCUT2D eigenvalue weighted by molar-refractivity contribution is 6.05. The Kier molecular flexibility index (Phi) is 4.66. The summed E-state index contributed by atoms with van der Waals surface area (Å²) in [5.41, 5.74) is 2.42. The van der Waals surface area contributed by atoms with Crippen LogP contribution in [0.3, 0.4) is 0 Å². The maximum absolute atomic E-state index is 13.7. The third-order valence-electron chi connectivity index (χ3n) is 6.58. The molecule has 1 fully saturated rings. The molecule has 5 rings (SSSR count). The molecule has 1 aromatic carbocycles. The fourth-order valence-electron chi connectivity index (χ4n) is 4.66. The quantitative estimate of drug-likeness (QED) is 0.510. The van der Waals surface area contributed by atoms with Gasteiger partial charge >= 0.3 is 0 Å². The van der Waals surface area contributed by atoms with E-state index in [0.717, 1.165) is 31.1 Å². The summed E-state index contributed by atoms with van der Waals surface area (Å²) < 4.78 is 15.3. The van der Waals surface area contributed by atoms with Gasteiger partial charge in [-0.2, -0.15) is 10.4 Å². The number of carbonyl (C=O) groups excluding carboxylic acids is 1. The van der Waals surface area contributed by atoms with E-state index in [-0.39, 0.29) is 17.8 Å². The summed E-state index contributed by atoms with van der Waals surface area (Å²) in [4.78, 5) is 25.1. The summed E-state index contributed by atoms with van der Waals surface area (Å²) >= 11 is 0. The standard InChI is InChI=1S/C23H22FN7O/c1-13(23(12-25)7-3-4-8-23)28-22(32)16-10-26-21-20(16)29-17(11-27-21)19-15-6-5-14(24)9-18(15)31(2)30-19/h5-6,9-11,13H,3-4,7-8H2,1-2H3,(H,26,27)(H,28,32)/t13-/m1/s1. The van der Waals surface area contributed by atoms with Gasteiger partial charge in [0.25, 0.3) is 5.91 Å². The number of aromatic nitrogens is 5. The first kappa shape index (κ1) is 20.1. The average Bonchev–Trinajstić information content (AvgIpc) is 3.51. The lowest BCUT2D eigenvalue weighted by Crippen LogP contribution is -2.44. The molecule has 0 aliphatic heterocycles. The molecule has 1 aliphatic carbocycles. The van der Waals surface area contributed by atoms with E-state index >= 15 is 0 Å². The highest BCUT2D eigenvalue weighted by Gasteiger charge is 2.40. The predicted molar refractivity (Wildman–Crippen MR) is 117 cm³/mol. The van der Waals surface area contributed by atoms with Crippen molar-refractivity contribution < 1.29 is 9.18 Å². The molecule has 0 spiro atoms. The van der Waals surface area contributed by atoms with E-state index in [1.165, 1.54) is 12.1 Å². The predicted octanol–water partition coefficient (Wildman–Crippen LogP) is 3.85. The molecule has 0 radical (unpaired) electrons. The van der Waals surface area contributed by atoms with Crippen molar-refractivity contribution in [1.82, 2.24) is 30.0 Å². The van der Waals surface area contributed by atoms with E-state index in [2.05, 4.69) is 31.4 Å². The molecule has 3 aromatic heterocycles. The largest absolute Gasteiger partial charge is 0.348 e. The highest BCUT2D eigenvalue weighted by atomic mass is 19.1. The third kappa shape index (κ3) is 3.11. The topological polar surface area (TPSA) is 112 Å². The Labute approximate surface area is 183 Å². The molecule has 3 heterocycles.